The molecule has 7 heteroatoms. The summed E-state index contributed by atoms with van der Waals surface area (Å²) in [5.74, 6) is -4.35. The molecule has 35 heavy (non-hydrogen) atoms. The van der Waals surface area contributed by atoms with Crippen LogP contribution in [0, 0.1) is 47.9 Å². The quantitative estimate of drug-likeness (QED) is 0.236. The molecular weight excluding hydrogens is 460 g/mol. The van der Waals surface area contributed by atoms with Crippen molar-refractivity contribution in [3.63, 3.8) is 0 Å². The van der Waals surface area contributed by atoms with Crippen LogP contribution >= 0.6 is 0 Å². The molecule has 2 aromatic rings. The lowest BCUT2D eigenvalue weighted by Crippen LogP contribution is -2.30. The number of benzene rings is 2. The summed E-state index contributed by atoms with van der Waals surface area (Å²) in [7, 11) is 0. The van der Waals surface area contributed by atoms with Gasteiger partial charge in [0.2, 0.25) is 11.6 Å². The summed E-state index contributed by atoms with van der Waals surface area (Å²) < 4.78 is 66.9. The van der Waals surface area contributed by atoms with Gasteiger partial charge in [-0.25, -0.2) is 8.78 Å². The Balaban J connectivity index is 1.28. The maximum absolute atomic E-state index is 14.4. The fourth-order valence-electron chi connectivity index (χ4n) is 5.76. The van der Waals surface area contributed by atoms with Crippen molar-refractivity contribution >= 4 is 5.97 Å². The number of ether oxygens (including phenoxy) is 2. The Labute approximate surface area is 203 Å². The summed E-state index contributed by atoms with van der Waals surface area (Å²) >= 11 is 0. The highest BCUT2D eigenvalue weighted by Gasteiger charge is 2.35. The first-order chi connectivity index (χ1) is 16.8. The SMILES string of the molecule is CCOc1ccc(OC(=O)C2CCC(C3CCC(c4ccc(C)c(F)c4F)CC3)CC2)c(F)c1F. The van der Waals surface area contributed by atoms with Gasteiger partial charge in [-0.2, -0.15) is 8.78 Å². The van der Waals surface area contributed by atoms with Crippen molar-refractivity contribution in [2.75, 3.05) is 6.61 Å². The second-order valence-corrected chi connectivity index (χ2v) is 9.87. The highest BCUT2D eigenvalue weighted by molar-refractivity contribution is 5.75. The lowest BCUT2D eigenvalue weighted by molar-refractivity contribution is -0.140. The molecule has 0 aliphatic heterocycles. The molecule has 0 unspecified atom stereocenters. The van der Waals surface area contributed by atoms with Gasteiger partial charge >= 0.3 is 5.97 Å². The van der Waals surface area contributed by atoms with Crippen LogP contribution in [0.25, 0.3) is 0 Å². The van der Waals surface area contributed by atoms with Gasteiger partial charge in [0, 0.05) is 0 Å². The van der Waals surface area contributed by atoms with Gasteiger partial charge in [-0.05, 0) is 106 Å². The Bertz CT molecular complexity index is 1050. The monoisotopic (exact) mass is 492 g/mol. The van der Waals surface area contributed by atoms with Crippen molar-refractivity contribution in [3.05, 3.63) is 58.7 Å². The molecule has 2 aromatic carbocycles. The smallest absolute Gasteiger partial charge is 0.314 e. The standard InChI is InChI=1S/C28H32F4O3/c1-3-34-22-14-15-23(27(32)26(22)31)35-28(33)20-11-7-18(8-12-20)17-5-9-19(10-6-17)21-13-4-16(2)24(29)25(21)30/h4,13-15,17-20H,3,5-12H2,1-2H3. The molecule has 0 saturated heterocycles. The average Bonchev–Trinajstić information content (AvgIpc) is 2.87. The van der Waals surface area contributed by atoms with Crippen LogP contribution in [0.1, 0.15) is 75.3 Å². The molecule has 3 nitrogen and oxygen atoms in total. The van der Waals surface area contributed by atoms with Crippen LogP contribution in [0.15, 0.2) is 24.3 Å². The van der Waals surface area contributed by atoms with Gasteiger partial charge in [0.15, 0.2) is 23.1 Å². The van der Waals surface area contributed by atoms with Gasteiger partial charge < -0.3 is 9.47 Å². The molecule has 2 fully saturated rings. The van der Waals surface area contributed by atoms with Crippen LogP contribution in [0.4, 0.5) is 17.6 Å². The zero-order valence-corrected chi connectivity index (χ0v) is 20.2. The molecule has 0 atom stereocenters. The van der Waals surface area contributed by atoms with Crippen LogP contribution in [-0.4, -0.2) is 12.6 Å². The topological polar surface area (TPSA) is 35.5 Å². The van der Waals surface area contributed by atoms with Crippen molar-refractivity contribution in [1.29, 1.82) is 0 Å². The first kappa shape index (κ1) is 25.5. The molecule has 0 radical (unpaired) electrons. The minimum atomic E-state index is -1.22. The molecule has 0 bridgehead atoms. The fourth-order valence-corrected chi connectivity index (χ4v) is 5.76. The van der Waals surface area contributed by atoms with E-state index in [1.54, 1.807) is 26.0 Å². The molecule has 2 aliphatic rings. The van der Waals surface area contributed by atoms with Gasteiger partial charge in [0.05, 0.1) is 12.5 Å². The maximum atomic E-state index is 14.4. The molecule has 0 spiro atoms. The number of hydrogen-bond donors (Lipinski definition) is 0. The van der Waals surface area contributed by atoms with Crippen molar-refractivity contribution in [1.82, 2.24) is 0 Å². The molecule has 2 aliphatic carbocycles. The first-order valence-corrected chi connectivity index (χ1v) is 12.6. The van der Waals surface area contributed by atoms with Crippen LogP contribution in [0.3, 0.4) is 0 Å². The van der Waals surface area contributed by atoms with Crippen LogP contribution in [0.2, 0.25) is 0 Å². The number of aryl methyl sites for hydroxylation is 1. The Hall–Kier alpha value is -2.57. The fraction of sp³-hybridized carbons (Fsp3) is 0.536. The minimum absolute atomic E-state index is 0.0390. The lowest BCUT2D eigenvalue weighted by atomic mass is 9.68. The Morgan fingerprint density at radius 2 is 1.34 bits per heavy atom. The predicted octanol–water partition coefficient (Wildman–Crippen LogP) is 7.64. The third-order valence-electron chi connectivity index (χ3n) is 7.81. The maximum Gasteiger partial charge on any atom is 0.314 e. The van der Waals surface area contributed by atoms with Gasteiger partial charge in [-0.3, -0.25) is 4.79 Å². The molecule has 190 valence electrons. The van der Waals surface area contributed by atoms with E-state index in [4.69, 9.17) is 9.47 Å². The summed E-state index contributed by atoms with van der Waals surface area (Å²) in [4.78, 5) is 12.6. The van der Waals surface area contributed by atoms with Crippen molar-refractivity contribution in [3.8, 4) is 11.5 Å². The van der Waals surface area contributed by atoms with Gasteiger partial charge in [0.25, 0.3) is 0 Å². The van der Waals surface area contributed by atoms with Crippen molar-refractivity contribution in [2.45, 2.75) is 71.1 Å². The summed E-state index contributed by atoms with van der Waals surface area (Å²) in [5, 5.41) is 0. The minimum Gasteiger partial charge on any atom is -0.491 e. The van der Waals surface area contributed by atoms with Crippen molar-refractivity contribution < 1.29 is 31.8 Å². The third kappa shape index (κ3) is 5.49. The third-order valence-corrected chi connectivity index (χ3v) is 7.81. The highest BCUT2D eigenvalue weighted by Crippen LogP contribution is 2.45. The van der Waals surface area contributed by atoms with E-state index in [0.717, 1.165) is 38.5 Å². The van der Waals surface area contributed by atoms with E-state index in [1.165, 1.54) is 12.1 Å². The number of rotatable bonds is 6. The van der Waals surface area contributed by atoms with E-state index in [0.29, 0.717) is 35.8 Å². The highest BCUT2D eigenvalue weighted by atomic mass is 19.2. The molecular formula is C28H32F4O3. The first-order valence-electron chi connectivity index (χ1n) is 12.6. The van der Waals surface area contributed by atoms with Gasteiger partial charge in [0.1, 0.15) is 0 Å². The Morgan fingerprint density at radius 3 is 1.97 bits per heavy atom. The van der Waals surface area contributed by atoms with Crippen LogP contribution < -0.4 is 9.47 Å². The zero-order chi connectivity index (χ0) is 25.1. The number of carbonyl (C=O) groups excluding carboxylic acids is 1. The second-order valence-electron chi connectivity index (χ2n) is 9.87. The van der Waals surface area contributed by atoms with E-state index in [-0.39, 0.29) is 24.2 Å². The number of halogens is 4. The largest absolute Gasteiger partial charge is 0.491 e. The summed E-state index contributed by atoms with van der Waals surface area (Å²) in [6.07, 6.45) is 6.57. The molecule has 4 rings (SSSR count). The van der Waals surface area contributed by atoms with E-state index < -0.39 is 35.0 Å². The number of hydrogen-bond acceptors (Lipinski definition) is 3. The van der Waals surface area contributed by atoms with E-state index in [9.17, 15) is 22.4 Å². The molecule has 0 aromatic heterocycles. The summed E-state index contributed by atoms with van der Waals surface area (Å²) in [6, 6.07) is 5.84. The average molecular weight is 493 g/mol. The molecule has 0 N–H and O–H groups in total. The van der Waals surface area contributed by atoms with Crippen LogP contribution in [-0.2, 0) is 4.79 Å². The Kier molecular flexibility index (Phi) is 8.02. The van der Waals surface area contributed by atoms with E-state index in [2.05, 4.69) is 0 Å². The van der Waals surface area contributed by atoms with E-state index >= 15 is 0 Å². The lowest BCUT2D eigenvalue weighted by Gasteiger charge is -2.37. The predicted molar refractivity (Wildman–Crippen MR) is 124 cm³/mol. The van der Waals surface area contributed by atoms with Gasteiger partial charge in [-0.15, -0.1) is 0 Å². The summed E-state index contributed by atoms with van der Waals surface area (Å²) in [5.41, 5.74) is 0.807. The number of esters is 1. The van der Waals surface area contributed by atoms with Crippen molar-refractivity contribution in [2.24, 2.45) is 17.8 Å². The molecule has 0 amide bonds. The van der Waals surface area contributed by atoms with Crippen LogP contribution in [0.5, 0.6) is 11.5 Å². The second kappa shape index (κ2) is 11.0. The zero-order valence-electron chi connectivity index (χ0n) is 20.2. The normalized spacial score (nSPS) is 24.7. The molecule has 2 saturated carbocycles. The molecule has 0 heterocycles. The Morgan fingerprint density at radius 1 is 0.771 bits per heavy atom. The summed E-state index contributed by atoms with van der Waals surface area (Å²) in [6.45, 7) is 3.43. The number of carbonyl (C=O) groups is 1. The van der Waals surface area contributed by atoms with E-state index in [1.807, 2.05) is 0 Å². The van der Waals surface area contributed by atoms with Gasteiger partial charge in [-0.1, -0.05) is 12.1 Å².